The summed E-state index contributed by atoms with van der Waals surface area (Å²) in [5, 5.41) is 20.1. The highest BCUT2D eigenvalue weighted by Crippen LogP contribution is 2.45. The van der Waals surface area contributed by atoms with Gasteiger partial charge in [0.15, 0.2) is 0 Å². The van der Waals surface area contributed by atoms with Crippen molar-refractivity contribution >= 4 is 11.9 Å². The zero-order chi connectivity index (χ0) is 24.8. The lowest BCUT2D eigenvalue weighted by molar-refractivity contribution is 0.0686. The molecular formula is C30H34O4. The van der Waals surface area contributed by atoms with Crippen LogP contribution in [0.25, 0.3) is 22.3 Å². The molecule has 0 fully saturated rings. The summed E-state index contributed by atoms with van der Waals surface area (Å²) in [6.07, 6.45) is 4.69. The second-order valence-electron chi connectivity index (χ2n) is 9.07. The number of benzene rings is 3. The van der Waals surface area contributed by atoms with E-state index in [1.807, 2.05) is 24.3 Å². The summed E-state index contributed by atoms with van der Waals surface area (Å²) < 4.78 is 0. The minimum atomic E-state index is -0.989. The van der Waals surface area contributed by atoms with Crippen molar-refractivity contribution in [1.82, 2.24) is 0 Å². The lowest BCUT2D eigenvalue weighted by Gasteiger charge is -2.27. The monoisotopic (exact) mass is 458 g/mol. The van der Waals surface area contributed by atoms with Crippen LogP contribution < -0.4 is 0 Å². The van der Waals surface area contributed by atoms with Crippen molar-refractivity contribution in [2.24, 2.45) is 0 Å². The van der Waals surface area contributed by atoms with Gasteiger partial charge in [-0.05, 0) is 76.3 Å². The van der Waals surface area contributed by atoms with Gasteiger partial charge in [-0.2, -0.15) is 0 Å². The summed E-state index contributed by atoms with van der Waals surface area (Å²) >= 11 is 0. The topological polar surface area (TPSA) is 74.6 Å². The van der Waals surface area contributed by atoms with Gasteiger partial charge in [0.1, 0.15) is 0 Å². The molecule has 0 spiro atoms. The molecule has 178 valence electrons. The Kier molecular flexibility index (Phi) is 8.27. The van der Waals surface area contributed by atoms with Gasteiger partial charge in [-0.25, -0.2) is 9.59 Å². The van der Waals surface area contributed by atoms with Crippen LogP contribution >= 0.6 is 0 Å². The van der Waals surface area contributed by atoms with Crippen molar-refractivity contribution in [2.75, 3.05) is 0 Å². The molecule has 0 aliphatic carbocycles. The second kappa shape index (κ2) is 11.1. The summed E-state index contributed by atoms with van der Waals surface area (Å²) in [6, 6.07) is 16.4. The molecule has 2 N–H and O–H groups in total. The lowest BCUT2D eigenvalue weighted by atomic mass is 9.77. The summed E-state index contributed by atoms with van der Waals surface area (Å²) in [5.74, 6) is -1.84. The number of carbonyl (C=O) groups is 2. The first-order valence-electron chi connectivity index (χ1n) is 12.2. The number of aryl methyl sites for hydroxylation is 2. The summed E-state index contributed by atoms with van der Waals surface area (Å²) in [5.41, 5.74) is 6.85. The largest absolute Gasteiger partial charge is 0.478 e. The molecule has 0 aliphatic heterocycles. The van der Waals surface area contributed by atoms with E-state index in [1.54, 1.807) is 24.3 Å². The number of carboxylic acid groups (broad SMARTS) is 2. The quantitative estimate of drug-likeness (QED) is 0.324. The normalized spacial score (nSPS) is 11.1. The molecule has 0 heterocycles. The van der Waals surface area contributed by atoms with E-state index in [0.717, 1.165) is 54.4 Å². The Bertz CT molecular complexity index is 1190. The van der Waals surface area contributed by atoms with Crippen molar-refractivity contribution in [3.63, 3.8) is 0 Å². The molecule has 0 saturated carbocycles. The number of aromatic carboxylic acids is 2. The first-order chi connectivity index (χ1) is 16.3. The van der Waals surface area contributed by atoms with Crippen LogP contribution in [0.3, 0.4) is 0 Å². The Morgan fingerprint density at radius 3 is 1.74 bits per heavy atom. The summed E-state index contributed by atoms with van der Waals surface area (Å²) in [4.78, 5) is 24.5. The fraction of sp³-hybridized carbons (Fsp3) is 0.333. The van der Waals surface area contributed by atoms with Crippen LogP contribution in [0.4, 0.5) is 0 Å². The number of hydrogen-bond donors (Lipinski definition) is 2. The predicted molar refractivity (Wildman–Crippen MR) is 138 cm³/mol. The zero-order valence-electron chi connectivity index (χ0n) is 20.5. The molecule has 3 aromatic rings. The average molecular weight is 459 g/mol. The molecule has 0 unspecified atom stereocenters. The highest BCUT2D eigenvalue weighted by Gasteiger charge is 2.26. The minimum absolute atomic E-state index is 0.134. The second-order valence-corrected chi connectivity index (χ2v) is 9.07. The lowest BCUT2D eigenvalue weighted by Crippen LogP contribution is -2.10. The van der Waals surface area contributed by atoms with Gasteiger partial charge in [0.05, 0.1) is 11.1 Å². The molecule has 0 radical (unpaired) electrons. The van der Waals surface area contributed by atoms with Crippen molar-refractivity contribution in [2.45, 2.75) is 65.7 Å². The van der Waals surface area contributed by atoms with E-state index >= 15 is 0 Å². The first-order valence-corrected chi connectivity index (χ1v) is 12.2. The molecule has 0 aliphatic rings. The smallest absolute Gasteiger partial charge is 0.336 e. The molecular weight excluding hydrogens is 424 g/mol. The van der Waals surface area contributed by atoms with E-state index in [1.165, 1.54) is 5.56 Å². The number of carboxylic acids is 2. The van der Waals surface area contributed by atoms with Crippen molar-refractivity contribution in [1.29, 1.82) is 0 Å². The maximum Gasteiger partial charge on any atom is 0.336 e. The number of rotatable bonds is 10. The van der Waals surface area contributed by atoms with E-state index in [9.17, 15) is 19.8 Å². The van der Waals surface area contributed by atoms with E-state index in [0.29, 0.717) is 11.1 Å². The van der Waals surface area contributed by atoms with Crippen LogP contribution in [0.15, 0.2) is 54.6 Å². The molecule has 4 heteroatoms. The van der Waals surface area contributed by atoms with Crippen LogP contribution in [0.2, 0.25) is 0 Å². The van der Waals surface area contributed by atoms with Gasteiger partial charge >= 0.3 is 11.9 Å². The molecule has 0 aromatic heterocycles. The Hall–Kier alpha value is -3.40. The van der Waals surface area contributed by atoms with Crippen LogP contribution in [-0.4, -0.2) is 22.2 Å². The Labute approximate surface area is 202 Å². The fourth-order valence-corrected chi connectivity index (χ4v) is 4.88. The van der Waals surface area contributed by atoms with Gasteiger partial charge < -0.3 is 10.2 Å². The van der Waals surface area contributed by atoms with Crippen LogP contribution in [0.5, 0.6) is 0 Å². The third-order valence-electron chi connectivity index (χ3n) is 6.28. The molecule has 4 nitrogen and oxygen atoms in total. The molecule has 34 heavy (non-hydrogen) atoms. The highest BCUT2D eigenvalue weighted by atomic mass is 16.4. The predicted octanol–water partition coefficient (Wildman–Crippen LogP) is 7.84. The van der Waals surface area contributed by atoms with E-state index in [-0.39, 0.29) is 17.0 Å². The maximum absolute atomic E-state index is 12.3. The van der Waals surface area contributed by atoms with Crippen molar-refractivity contribution < 1.29 is 19.8 Å². The van der Waals surface area contributed by atoms with Gasteiger partial charge in [-0.3, -0.25) is 0 Å². The Morgan fingerprint density at radius 2 is 1.26 bits per heavy atom. The fourth-order valence-electron chi connectivity index (χ4n) is 4.88. The SMILES string of the molecule is CCCCc1cc(CCC)c(-c2ccccc2C(=O)O)c(-c2ccccc2C(=O)O)c1C(C)C. The maximum atomic E-state index is 12.3. The van der Waals surface area contributed by atoms with E-state index in [2.05, 4.69) is 33.8 Å². The summed E-state index contributed by atoms with van der Waals surface area (Å²) in [6.45, 7) is 8.54. The molecule has 0 saturated heterocycles. The zero-order valence-corrected chi connectivity index (χ0v) is 20.5. The summed E-state index contributed by atoms with van der Waals surface area (Å²) in [7, 11) is 0. The van der Waals surface area contributed by atoms with Gasteiger partial charge in [0.25, 0.3) is 0 Å². The van der Waals surface area contributed by atoms with Gasteiger partial charge in [-0.15, -0.1) is 0 Å². The molecule has 0 amide bonds. The average Bonchev–Trinajstić information content (AvgIpc) is 2.82. The molecule has 0 atom stereocenters. The minimum Gasteiger partial charge on any atom is -0.478 e. The van der Waals surface area contributed by atoms with Crippen LogP contribution in [0, 0.1) is 0 Å². The Morgan fingerprint density at radius 1 is 0.735 bits per heavy atom. The molecule has 3 aromatic carbocycles. The molecule has 3 rings (SSSR count). The van der Waals surface area contributed by atoms with Gasteiger partial charge in [0, 0.05) is 0 Å². The van der Waals surface area contributed by atoms with E-state index in [4.69, 9.17) is 0 Å². The third-order valence-corrected chi connectivity index (χ3v) is 6.28. The number of hydrogen-bond acceptors (Lipinski definition) is 2. The first kappa shape index (κ1) is 25.2. The molecule has 0 bridgehead atoms. The number of unbranched alkanes of at least 4 members (excludes halogenated alkanes) is 1. The van der Waals surface area contributed by atoms with Crippen LogP contribution in [-0.2, 0) is 12.8 Å². The Balaban J connectivity index is 2.58. The van der Waals surface area contributed by atoms with E-state index < -0.39 is 11.9 Å². The van der Waals surface area contributed by atoms with Crippen LogP contribution in [0.1, 0.15) is 90.3 Å². The third kappa shape index (κ3) is 5.06. The van der Waals surface area contributed by atoms with Gasteiger partial charge in [0.2, 0.25) is 0 Å². The standard InChI is InChI=1S/C30H34O4/c1-5-7-13-21-18-20(12-6-2)27(22-14-8-10-16-24(22)29(31)32)28(26(21)19(3)4)23-15-9-11-17-25(23)30(33)34/h8-11,14-19H,5-7,12-13H2,1-4H3,(H,31,32)(H,33,34). The van der Waals surface area contributed by atoms with Crippen molar-refractivity contribution in [3.8, 4) is 22.3 Å². The van der Waals surface area contributed by atoms with Crippen molar-refractivity contribution in [3.05, 3.63) is 82.4 Å². The van der Waals surface area contributed by atoms with Gasteiger partial charge in [-0.1, -0.05) is 83.0 Å². The highest BCUT2D eigenvalue weighted by molar-refractivity contribution is 6.04.